The number of aliphatic carboxylic acids is 1. The van der Waals surface area contributed by atoms with Crippen LogP contribution in [0, 0.1) is 0 Å². The average Bonchev–Trinajstić information content (AvgIpc) is 2.86. The lowest BCUT2D eigenvalue weighted by molar-refractivity contribution is -0.141. The number of carbonyl (C=O) groups is 1. The zero-order valence-electron chi connectivity index (χ0n) is 13.5. The number of rotatable bonds is 6. The Hall–Kier alpha value is -2.76. The van der Waals surface area contributed by atoms with Crippen LogP contribution in [-0.2, 0) is 34.5 Å². The summed E-state index contributed by atoms with van der Waals surface area (Å²) in [6.07, 6.45) is -4.46. The predicted octanol–water partition coefficient (Wildman–Crippen LogP) is 1.88. The van der Waals surface area contributed by atoms with Crippen LogP contribution in [0.15, 0.2) is 29.3 Å². The van der Waals surface area contributed by atoms with Crippen LogP contribution >= 0.6 is 0 Å². The molecule has 8 nitrogen and oxygen atoms in total. The Morgan fingerprint density at radius 2 is 2.04 bits per heavy atom. The van der Waals surface area contributed by atoms with Crippen LogP contribution in [0.2, 0.25) is 0 Å². The molecular weight excluding hydrogens is 379 g/mol. The molecule has 0 amide bonds. The molecule has 2 N–H and O–H groups in total. The van der Waals surface area contributed by atoms with Gasteiger partial charge in [-0.1, -0.05) is 6.07 Å². The Bertz CT molecular complexity index is 938. The lowest BCUT2D eigenvalue weighted by atomic mass is 10.1. The molecule has 0 aliphatic heterocycles. The second-order valence-corrected chi connectivity index (χ2v) is 6.87. The van der Waals surface area contributed by atoms with Gasteiger partial charge in [0.1, 0.15) is 10.6 Å². The summed E-state index contributed by atoms with van der Waals surface area (Å²) in [5.74, 6) is -1.35. The molecule has 1 heterocycles. The number of methoxy groups -OCH3 is 1. The van der Waals surface area contributed by atoms with E-state index in [0.29, 0.717) is 0 Å². The summed E-state index contributed by atoms with van der Waals surface area (Å²) >= 11 is 0. The first-order chi connectivity index (χ1) is 11.9. The zero-order chi connectivity index (χ0) is 19.7. The number of hydrogen-bond donors (Lipinski definition) is 2. The topological polar surface area (TPSA) is 111 Å². The van der Waals surface area contributed by atoms with Gasteiger partial charge in [0.15, 0.2) is 5.69 Å². The van der Waals surface area contributed by atoms with Crippen molar-refractivity contribution in [1.82, 2.24) is 9.78 Å². The molecule has 2 aromatic rings. The van der Waals surface area contributed by atoms with Crippen molar-refractivity contribution in [2.45, 2.75) is 17.5 Å². The van der Waals surface area contributed by atoms with Gasteiger partial charge in [-0.2, -0.15) is 18.3 Å². The molecule has 0 atom stereocenters. The maximum absolute atomic E-state index is 13.0. The first-order valence-corrected chi connectivity index (χ1v) is 8.44. The van der Waals surface area contributed by atoms with E-state index < -0.39 is 44.9 Å². The highest BCUT2D eigenvalue weighted by molar-refractivity contribution is 7.92. The first kappa shape index (κ1) is 19.6. The third-order valence-corrected chi connectivity index (χ3v) is 4.60. The third kappa shape index (κ3) is 4.25. The highest BCUT2D eigenvalue weighted by Gasteiger charge is 2.38. The van der Waals surface area contributed by atoms with Gasteiger partial charge in [-0.05, 0) is 17.7 Å². The van der Waals surface area contributed by atoms with Crippen LogP contribution in [-0.4, -0.2) is 36.4 Å². The van der Waals surface area contributed by atoms with Crippen molar-refractivity contribution >= 4 is 21.7 Å². The number of aromatic nitrogens is 2. The van der Waals surface area contributed by atoms with Gasteiger partial charge in [-0.3, -0.25) is 14.2 Å². The monoisotopic (exact) mass is 393 g/mol. The van der Waals surface area contributed by atoms with Gasteiger partial charge in [-0.15, -0.1) is 0 Å². The highest BCUT2D eigenvalue weighted by Crippen LogP contribution is 2.35. The summed E-state index contributed by atoms with van der Waals surface area (Å²) < 4.78 is 71.7. The molecule has 1 aromatic carbocycles. The summed E-state index contributed by atoms with van der Waals surface area (Å²) in [6.45, 7) is 0. The van der Waals surface area contributed by atoms with Crippen LogP contribution in [0.5, 0.6) is 5.75 Å². The molecule has 0 spiro atoms. The van der Waals surface area contributed by atoms with Crippen LogP contribution in [0.3, 0.4) is 0 Å². The maximum atomic E-state index is 13.0. The largest absolute Gasteiger partial charge is 0.495 e. The minimum absolute atomic E-state index is 0.140. The number of benzene rings is 1. The molecule has 0 saturated heterocycles. The normalized spacial score (nSPS) is 12.0. The van der Waals surface area contributed by atoms with Crippen molar-refractivity contribution < 1.29 is 36.2 Å². The number of halogens is 3. The second-order valence-electron chi connectivity index (χ2n) is 5.22. The fraction of sp³-hybridized carbons (Fsp3) is 0.286. The molecule has 0 fully saturated rings. The van der Waals surface area contributed by atoms with E-state index in [2.05, 4.69) is 5.10 Å². The number of carboxylic acid groups (broad SMARTS) is 1. The minimum atomic E-state index is -4.87. The van der Waals surface area contributed by atoms with Gasteiger partial charge in [0.2, 0.25) is 0 Å². The summed E-state index contributed by atoms with van der Waals surface area (Å²) in [6, 6.07) is 3.59. The molecular formula is C14H14F3N3O5S. The highest BCUT2D eigenvalue weighted by atomic mass is 32.2. The summed E-state index contributed by atoms with van der Waals surface area (Å²) in [5, 5.41) is 12.0. The molecule has 0 unspecified atom stereocenters. The fourth-order valence-electron chi connectivity index (χ4n) is 2.19. The molecule has 142 valence electrons. The number of anilines is 1. The van der Waals surface area contributed by atoms with Crippen molar-refractivity contribution in [3.63, 3.8) is 0 Å². The molecule has 1 aromatic heterocycles. The standard InChI is InChI=1S/C14H14F3N3O5S/c1-20-7-9(13(18-20)14(15,16)17)19-26(23,24)11-5-8(6-12(21)22)3-4-10(11)25-2/h3-5,7,19H,6H2,1-2H3,(H,21,22). The van der Waals surface area contributed by atoms with Crippen molar-refractivity contribution in [2.24, 2.45) is 7.05 Å². The molecule has 0 radical (unpaired) electrons. The Labute approximate surface area is 146 Å². The molecule has 2 rings (SSSR count). The van der Waals surface area contributed by atoms with E-state index in [1.807, 2.05) is 4.72 Å². The first-order valence-electron chi connectivity index (χ1n) is 6.96. The van der Waals surface area contributed by atoms with E-state index >= 15 is 0 Å². The van der Waals surface area contributed by atoms with E-state index in [-0.39, 0.29) is 11.3 Å². The van der Waals surface area contributed by atoms with Crippen LogP contribution in [0.25, 0.3) is 0 Å². The molecule has 26 heavy (non-hydrogen) atoms. The van der Waals surface area contributed by atoms with E-state index in [4.69, 9.17) is 9.84 Å². The Balaban J connectivity index is 2.50. The van der Waals surface area contributed by atoms with Crippen molar-refractivity contribution in [2.75, 3.05) is 11.8 Å². The molecule has 12 heteroatoms. The van der Waals surface area contributed by atoms with Gasteiger partial charge in [0.25, 0.3) is 10.0 Å². The van der Waals surface area contributed by atoms with Crippen LogP contribution < -0.4 is 9.46 Å². The number of ether oxygens (including phenoxy) is 1. The number of alkyl halides is 3. The lowest BCUT2D eigenvalue weighted by Gasteiger charge is -2.13. The number of nitrogens with zero attached hydrogens (tertiary/aromatic N) is 2. The van der Waals surface area contributed by atoms with Crippen molar-refractivity contribution in [3.05, 3.63) is 35.7 Å². The summed E-state index contributed by atoms with van der Waals surface area (Å²) in [5.41, 5.74) is -2.02. The quantitative estimate of drug-likeness (QED) is 0.775. The average molecular weight is 393 g/mol. The van der Waals surface area contributed by atoms with Gasteiger partial charge in [0.05, 0.1) is 19.2 Å². The number of carboxylic acids is 1. The van der Waals surface area contributed by atoms with E-state index in [9.17, 15) is 26.4 Å². The van der Waals surface area contributed by atoms with Crippen LogP contribution in [0.1, 0.15) is 11.3 Å². The zero-order valence-corrected chi connectivity index (χ0v) is 14.3. The minimum Gasteiger partial charge on any atom is -0.495 e. The smallest absolute Gasteiger partial charge is 0.437 e. The Morgan fingerprint density at radius 3 is 2.58 bits per heavy atom. The summed E-state index contributed by atoms with van der Waals surface area (Å²) in [4.78, 5) is 10.3. The molecule has 0 aliphatic carbocycles. The van der Waals surface area contributed by atoms with E-state index in [1.165, 1.54) is 26.3 Å². The fourth-order valence-corrected chi connectivity index (χ4v) is 3.46. The molecule has 0 saturated carbocycles. The Kier molecular flexibility index (Phi) is 5.16. The van der Waals surface area contributed by atoms with Gasteiger partial charge in [0, 0.05) is 13.2 Å². The van der Waals surface area contributed by atoms with Crippen molar-refractivity contribution in [3.8, 4) is 5.75 Å². The number of sulfonamides is 1. The SMILES string of the molecule is COc1ccc(CC(=O)O)cc1S(=O)(=O)Nc1cn(C)nc1C(F)(F)F. The molecule has 0 bridgehead atoms. The van der Waals surface area contributed by atoms with Crippen LogP contribution in [0.4, 0.5) is 18.9 Å². The molecule has 0 aliphatic rings. The second kappa shape index (κ2) is 6.86. The lowest BCUT2D eigenvalue weighted by Crippen LogP contribution is -2.17. The van der Waals surface area contributed by atoms with Gasteiger partial charge < -0.3 is 9.84 Å². The number of hydrogen-bond acceptors (Lipinski definition) is 5. The number of aryl methyl sites for hydroxylation is 1. The van der Waals surface area contributed by atoms with Crippen molar-refractivity contribution in [1.29, 1.82) is 0 Å². The summed E-state index contributed by atoms with van der Waals surface area (Å²) in [7, 11) is -2.12. The van der Waals surface area contributed by atoms with E-state index in [0.717, 1.165) is 16.9 Å². The Morgan fingerprint density at radius 1 is 1.38 bits per heavy atom. The number of nitrogens with one attached hydrogen (secondary N) is 1. The van der Waals surface area contributed by atoms with Gasteiger partial charge >= 0.3 is 12.1 Å². The van der Waals surface area contributed by atoms with E-state index in [1.54, 1.807) is 0 Å². The maximum Gasteiger partial charge on any atom is 0.437 e. The predicted molar refractivity (Wildman–Crippen MR) is 83.4 cm³/mol. The van der Waals surface area contributed by atoms with Gasteiger partial charge in [-0.25, -0.2) is 8.42 Å². The third-order valence-electron chi connectivity index (χ3n) is 3.21.